The Morgan fingerprint density at radius 2 is 2.33 bits per heavy atom. The van der Waals surface area contributed by atoms with E-state index in [1.807, 2.05) is 18.3 Å². The van der Waals surface area contributed by atoms with E-state index < -0.39 is 0 Å². The number of aromatic nitrogens is 1. The molecule has 2 aromatic heterocycles. The normalized spacial score (nSPS) is 27.2. The maximum Gasteiger partial charge on any atom is 0.153 e. The summed E-state index contributed by atoms with van der Waals surface area (Å²) in [6.45, 7) is 2.29. The summed E-state index contributed by atoms with van der Waals surface area (Å²) in [5.74, 6) is 2.53. The molecule has 0 saturated carbocycles. The molecular weight excluding hydrogens is 224 g/mol. The lowest BCUT2D eigenvalue weighted by Gasteiger charge is -2.22. The highest BCUT2D eigenvalue weighted by Crippen LogP contribution is 2.37. The van der Waals surface area contributed by atoms with Gasteiger partial charge in [-0.3, -0.25) is 4.98 Å². The van der Waals surface area contributed by atoms with Crippen molar-refractivity contribution in [3.05, 3.63) is 36.2 Å². The highest BCUT2D eigenvalue weighted by atomic mass is 16.3. The lowest BCUT2D eigenvalue weighted by molar-refractivity contribution is 0.443. The molecule has 4 rings (SSSR count). The van der Waals surface area contributed by atoms with Crippen LogP contribution in [0.15, 0.2) is 34.9 Å². The number of rotatable bonds is 1. The Morgan fingerprint density at radius 3 is 3.28 bits per heavy atom. The zero-order chi connectivity index (χ0) is 11.9. The van der Waals surface area contributed by atoms with Gasteiger partial charge in [0.1, 0.15) is 11.3 Å². The summed E-state index contributed by atoms with van der Waals surface area (Å²) < 4.78 is 5.90. The van der Waals surface area contributed by atoms with Gasteiger partial charge in [-0.1, -0.05) is 6.08 Å². The third-order valence-electron chi connectivity index (χ3n) is 4.20. The molecule has 18 heavy (non-hydrogen) atoms. The minimum atomic E-state index is 0.690. The van der Waals surface area contributed by atoms with E-state index in [9.17, 15) is 0 Å². The van der Waals surface area contributed by atoms with E-state index in [-0.39, 0.29) is 0 Å². The molecule has 0 bridgehead atoms. The summed E-state index contributed by atoms with van der Waals surface area (Å²) in [6.07, 6.45) is 6.62. The Bertz CT molecular complexity index is 581. The number of hydrogen-bond acceptors (Lipinski definition) is 3. The van der Waals surface area contributed by atoms with Gasteiger partial charge in [0.05, 0.1) is 0 Å². The average Bonchev–Trinajstić information content (AvgIpc) is 3.04. The van der Waals surface area contributed by atoms with Gasteiger partial charge in [0.25, 0.3) is 0 Å². The number of pyridine rings is 1. The smallest absolute Gasteiger partial charge is 0.153 e. The Balaban J connectivity index is 1.74. The summed E-state index contributed by atoms with van der Waals surface area (Å²) >= 11 is 0. The van der Waals surface area contributed by atoms with Gasteiger partial charge in [0.15, 0.2) is 5.58 Å². The first-order chi connectivity index (χ1) is 8.90. The van der Waals surface area contributed by atoms with Crippen LogP contribution < -0.4 is 5.32 Å². The van der Waals surface area contributed by atoms with Crippen molar-refractivity contribution < 1.29 is 4.42 Å². The summed E-state index contributed by atoms with van der Waals surface area (Å²) in [4.78, 5) is 4.33. The van der Waals surface area contributed by atoms with Gasteiger partial charge in [0.2, 0.25) is 0 Å². The van der Waals surface area contributed by atoms with Crippen LogP contribution in [-0.4, -0.2) is 18.1 Å². The molecular formula is C15H16N2O. The van der Waals surface area contributed by atoms with Crippen LogP contribution in [0.1, 0.15) is 18.6 Å². The lowest BCUT2D eigenvalue weighted by Crippen LogP contribution is -2.14. The summed E-state index contributed by atoms with van der Waals surface area (Å²) in [7, 11) is 0. The van der Waals surface area contributed by atoms with E-state index in [4.69, 9.17) is 4.42 Å². The van der Waals surface area contributed by atoms with Gasteiger partial charge < -0.3 is 9.73 Å². The molecule has 3 heterocycles. The zero-order valence-corrected chi connectivity index (χ0v) is 10.2. The number of nitrogens with one attached hydrogen (secondary N) is 1. The van der Waals surface area contributed by atoms with E-state index in [0.717, 1.165) is 35.7 Å². The third kappa shape index (κ3) is 1.58. The second-order valence-electron chi connectivity index (χ2n) is 5.31. The molecule has 92 valence electrons. The molecule has 2 atom stereocenters. The fourth-order valence-corrected chi connectivity index (χ4v) is 3.18. The van der Waals surface area contributed by atoms with Gasteiger partial charge in [-0.05, 0) is 48.9 Å². The largest absolute Gasteiger partial charge is 0.455 e. The van der Waals surface area contributed by atoms with Crippen LogP contribution in [0.5, 0.6) is 0 Å². The van der Waals surface area contributed by atoms with E-state index >= 15 is 0 Å². The van der Waals surface area contributed by atoms with Crippen molar-refractivity contribution in [1.29, 1.82) is 0 Å². The van der Waals surface area contributed by atoms with E-state index in [0.29, 0.717) is 5.92 Å². The maximum atomic E-state index is 5.90. The minimum absolute atomic E-state index is 0.690. The standard InChI is InChI=1S/C15H16N2O/c1-2-14-13(17-5-1)7-15(18-14)10-3-4-11-8-16-9-12(11)6-10/h1-2,5-7,11-12,16H,3-4,8-9H2/t11-,12+/m0/s1. The molecule has 1 fully saturated rings. The summed E-state index contributed by atoms with van der Waals surface area (Å²) in [6, 6.07) is 5.97. The molecule has 0 unspecified atom stereocenters. The van der Waals surface area contributed by atoms with Gasteiger partial charge in [-0.25, -0.2) is 0 Å². The first-order valence-corrected chi connectivity index (χ1v) is 6.66. The second-order valence-corrected chi connectivity index (χ2v) is 5.31. The monoisotopic (exact) mass is 240 g/mol. The molecule has 1 aliphatic heterocycles. The molecule has 0 spiro atoms. The molecule has 0 radical (unpaired) electrons. The van der Waals surface area contributed by atoms with Crippen molar-refractivity contribution in [2.75, 3.05) is 13.1 Å². The molecule has 1 aliphatic carbocycles. The number of furan rings is 1. The van der Waals surface area contributed by atoms with Crippen LogP contribution in [-0.2, 0) is 0 Å². The van der Waals surface area contributed by atoms with E-state index in [2.05, 4.69) is 22.4 Å². The van der Waals surface area contributed by atoms with Gasteiger partial charge in [-0.2, -0.15) is 0 Å². The zero-order valence-electron chi connectivity index (χ0n) is 10.2. The highest BCUT2D eigenvalue weighted by molar-refractivity contribution is 5.78. The number of hydrogen-bond donors (Lipinski definition) is 1. The van der Waals surface area contributed by atoms with Crippen molar-refractivity contribution in [2.24, 2.45) is 11.8 Å². The second kappa shape index (κ2) is 3.95. The van der Waals surface area contributed by atoms with Crippen molar-refractivity contribution >= 4 is 16.7 Å². The fraction of sp³-hybridized carbons (Fsp3) is 0.400. The molecule has 0 aromatic carbocycles. The van der Waals surface area contributed by atoms with Crippen molar-refractivity contribution in [1.82, 2.24) is 10.3 Å². The molecule has 0 amide bonds. The van der Waals surface area contributed by atoms with Crippen molar-refractivity contribution in [3.63, 3.8) is 0 Å². The summed E-state index contributed by atoms with van der Waals surface area (Å²) in [5.41, 5.74) is 3.21. The van der Waals surface area contributed by atoms with Crippen LogP contribution >= 0.6 is 0 Å². The molecule has 2 aromatic rings. The average molecular weight is 240 g/mol. The van der Waals surface area contributed by atoms with Crippen molar-refractivity contribution in [2.45, 2.75) is 12.8 Å². The first kappa shape index (κ1) is 10.3. The van der Waals surface area contributed by atoms with E-state index in [1.165, 1.54) is 18.5 Å². The molecule has 1 N–H and O–H groups in total. The minimum Gasteiger partial charge on any atom is -0.455 e. The lowest BCUT2D eigenvalue weighted by atomic mass is 9.82. The number of fused-ring (bicyclic) bond motifs is 2. The number of allylic oxidation sites excluding steroid dienone is 1. The maximum absolute atomic E-state index is 5.90. The Labute approximate surface area is 106 Å². The first-order valence-electron chi connectivity index (χ1n) is 6.66. The quantitative estimate of drug-likeness (QED) is 0.833. The molecule has 3 heteroatoms. The van der Waals surface area contributed by atoms with Crippen LogP contribution in [0.3, 0.4) is 0 Å². The van der Waals surface area contributed by atoms with Gasteiger partial charge in [-0.15, -0.1) is 0 Å². The fourth-order valence-electron chi connectivity index (χ4n) is 3.18. The van der Waals surface area contributed by atoms with Crippen LogP contribution in [0, 0.1) is 11.8 Å². The van der Waals surface area contributed by atoms with Crippen LogP contribution in [0.25, 0.3) is 16.7 Å². The molecule has 3 nitrogen and oxygen atoms in total. The van der Waals surface area contributed by atoms with Crippen LogP contribution in [0.2, 0.25) is 0 Å². The van der Waals surface area contributed by atoms with Gasteiger partial charge >= 0.3 is 0 Å². The predicted molar refractivity (Wildman–Crippen MR) is 71.1 cm³/mol. The predicted octanol–water partition coefficient (Wildman–Crippen LogP) is 2.84. The topological polar surface area (TPSA) is 38.1 Å². The Kier molecular flexibility index (Phi) is 2.27. The Morgan fingerprint density at radius 1 is 1.33 bits per heavy atom. The third-order valence-corrected chi connectivity index (χ3v) is 4.20. The van der Waals surface area contributed by atoms with Crippen molar-refractivity contribution in [3.8, 4) is 0 Å². The molecule has 2 aliphatic rings. The highest BCUT2D eigenvalue weighted by Gasteiger charge is 2.29. The Hall–Kier alpha value is -1.61. The van der Waals surface area contributed by atoms with Crippen LogP contribution in [0.4, 0.5) is 0 Å². The number of nitrogens with zero attached hydrogens (tertiary/aromatic N) is 1. The SMILES string of the molecule is C1=C(c2cc3ncccc3o2)CC[C@H]2CNC[C@@H]12. The molecule has 1 saturated heterocycles. The summed E-state index contributed by atoms with van der Waals surface area (Å²) in [5, 5.41) is 3.48. The van der Waals surface area contributed by atoms with Gasteiger partial charge in [0, 0.05) is 18.8 Å². The van der Waals surface area contributed by atoms with E-state index in [1.54, 1.807) is 0 Å².